The molecule has 1 aromatic rings. The molecule has 0 spiro atoms. The molecule has 0 bridgehead atoms. The molecule has 0 fully saturated rings. The number of carboxylic acids is 1. The van der Waals surface area contributed by atoms with Gasteiger partial charge in [-0.1, -0.05) is 0 Å². The van der Waals surface area contributed by atoms with E-state index in [0.29, 0.717) is 0 Å². The van der Waals surface area contributed by atoms with Crippen molar-refractivity contribution in [3.05, 3.63) is 17.6 Å². The van der Waals surface area contributed by atoms with Crippen molar-refractivity contribution in [2.24, 2.45) is 0 Å². The number of carboxylic acid groups (broad SMARTS) is 1. The maximum absolute atomic E-state index is 10.8. The molecule has 0 aliphatic heterocycles. The van der Waals surface area contributed by atoms with Crippen molar-refractivity contribution >= 4 is 11.8 Å². The van der Waals surface area contributed by atoms with Gasteiger partial charge in [-0.3, -0.25) is 0 Å². The summed E-state index contributed by atoms with van der Waals surface area (Å²) in [6.07, 6.45) is -1.31. The fourth-order valence-electron chi connectivity index (χ4n) is 1.23. The smallest absolute Gasteiger partial charge is 0.358 e. The molecule has 0 aliphatic rings. The van der Waals surface area contributed by atoms with Crippen LogP contribution in [-0.2, 0) is 0 Å². The number of nitrogens with two attached hydrogens (primary N) is 1. The lowest BCUT2D eigenvalue weighted by Gasteiger charge is -2.17. The maximum Gasteiger partial charge on any atom is 0.358 e. The molecular weight excluding hydrogens is 228 g/mol. The van der Waals surface area contributed by atoms with Crippen LogP contribution in [0.25, 0.3) is 0 Å². The number of nitrogens with one attached hydrogen (secondary N) is 1. The third-order valence-corrected chi connectivity index (χ3v) is 2.10. The van der Waals surface area contributed by atoms with E-state index >= 15 is 0 Å². The Morgan fingerprint density at radius 2 is 2.24 bits per heavy atom. The van der Waals surface area contributed by atoms with Crippen molar-refractivity contribution in [2.45, 2.75) is 12.2 Å². The average Bonchev–Trinajstić information content (AvgIpc) is 2.28. The second-order valence-electron chi connectivity index (χ2n) is 3.40. The van der Waals surface area contributed by atoms with E-state index in [9.17, 15) is 15.0 Å². The first-order valence-corrected chi connectivity index (χ1v) is 4.83. The van der Waals surface area contributed by atoms with Gasteiger partial charge in [-0.25, -0.2) is 14.8 Å². The highest BCUT2D eigenvalue weighted by Crippen LogP contribution is 2.16. The monoisotopic (exact) mass is 242 g/mol. The Morgan fingerprint density at radius 3 is 2.76 bits per heavy atom. The lowest BCUT2D eigenvalue weighted by molar-refractivity contribution is 0.0172. The quantitative estimate of drug-likeness (QED) is 0.414. The minimum absolute atomic E-state index is 0.0423. The maximum atomic E-state index is 10.8. The summed E-state index contributed by atoms with van der Waals surface area (Å²) in [4.78, 5) is 18.0. The van der Waals surface area contributed by atoms with Crippen LogP contribution < -0.4 is 11.1 Å². The first kappa shape index (κ1) is 13.3. The lowest BCUT2D eigenvalue weighted by atomic mass is 10.1. The molecule has 6 N–H and O–H groups in total. The second-order valence-corrected chi connectivity index (χ2v) is 3.40. The summed E-state index contributed by atoms with van der Waals surface area (Å²) in [5.41, 5.74) is 4.83. The first-order chi connectivity index (χ1) is 7.97. The van der Waals surface area contributed by atoms with Crippen LogP contribution in [0.4, 0.5) is 5.82 Å². The number of aromatic carboxylic acids is 1. The van der Waals surface area contributed by atoms with Crippen molar-refractivity contribution < 1.29 is 20.1 Å². The van der Waals surface area contributed by atoms with E-state index in [2.05, 4.69) is 15.3 Å². The van der Waals surface area contributed by atoms with Gasteiger partial charge in [0.2, 0.25) is 0 Å². The Balaban J connectivity index is 2.99. The molecular formula is C9H14N4O4. The number of hydrogen-bond acceptors (Lipinski definition) is 7. The fourth-order valence-corrected chi connectivity index (χ4v) is 1.23. The van der Waals surface area contributed by atoms with Gasteiger partial charge in [-0.15, -0.1) is 0 Å². The molecule has 17 heavy (non-hydrogen) atoms. The summed E-state index contributed by atoms with van der Waals surface area (Å²) in [6, 6.07) is 0. The normalized spacial score (nSPS) is 14.3. The predicted octanol–water partition coefficient (Wildman–Crippen LogP) is -1.63. The highest BCUT2D eigenvalue weighted by Gasteiger charge is 2.22. The van der Waals surface area contributed by atoms with Gasteiger partial charge in [0.15, 0.2) is 11.5 Å². The number of nitrogen functional groups attached to an aromatic ring is 1. The number of anilines is 1. The SMILES string of the molecule is CNCC(O)C(O)c1cnc(N)c(C(=O)O)n1. The lowest BCUT2D eigenvalue weighted by Crippen LogP contribution is -2.30. The second kappa shape index (κ2) is 5.53. The van der Waals surface area contributed by atoms with E-state index < -0.39 is 23.9 Å². The van der Waals surface area contributed by atoms with Gasteiger partial charge in [0.25, 0.3) is 0 Å². The van der Waals surface area contributed by atoms with Gasteiger partial charge in [0.1, 0.15) is 6.10 Å². The van der Waals surface area contributed by atoms with E-state index in [1.54, 1.807) is 7.05 Å². The van der Waals surface area contributed by atoms with Crippen molar-refractivity contribution in [1.82, 2.24) is 15.3 Å². The highest BCUT2D eigenvalue weighted by atomic mass is 16.4. The van der Waals surface area contributed by atoms with Crippen LogP contribution in [0.5, 0.6) is 0 Å². The zero-order valence-electron chi connectivity index (χ0n) is 9.16. The third-order valence-electron chi connectivity index (χ3n) is 2.10. The van der Waals surface area contributed by atoms with Gasteiger partial charge < -0.3 is 26.4 Å². The number of rotatable bonds is 5. The Hall–Kier alpha value is -1.77. The minimum atomic E-state index is -1.34. The summed E-state index contributed by atoms with van der Waals surface area (Å²) in [5.74, 6) is -1.58. The van der Waals surface area contributed by atoms with E-state index in [1.165, 1.54) is 0 Å². The summed E-state index contributed by atoms with van der Waals surface area (Å²) in [5, 5.41) is 30.6. The van der Waals surface area contributed by atoms with Crippen LogP contribution in [0.3, 0.4) is 0 Å². The molecule has 8 nitrogen and oxygen atoms in total. The molecule has 2 atom stereocenters. The average molecular weight is 242 g/mol. The minimum Gasteiger partial charge on any atom is -0.476 e. The van der Waals surface area contributed by atoms with Gasteiger partial charge in [0, 0.05) is 6.54 Å². The molecule has 0 amide bonds. The van der Waals surface area contributed by atoms with Crippen LogP contribution in [0.15, 0.2) is 6.20 Å². The van der Waals surface area contributed by atoms with Crippen LogP contribution in [0.2, 0.25) is 0 Å². The van der Waals surface area contributed by atoms with Crippen molar-refractivity contribution in [3.63, 3.8) is 0 Å². The van der Waals surface area contributed by atoms with Gasteiger partial charge in [-0.05, 0) is 7.05 Å². The van der Waals surface area contributed by atoms with Crippen LogP contribution in [0.1, 0.15) is 22.3 Å². The van der Waals surface area contributed by atoms with Crippen molar-refractivity contribution in [1.29, 1.82) is 0 Å². The molecule has 0 aromatic carbocycles. The Labute approximate surface area is 97.1 Å². The highest BCUT2D eigenvalue weighted by molar-refractivity contribution is 5.90. The Kier molecular flexibility index (Phi) is 4.32. The standard InChI is InChI=1S/C9H14N4O4/c1-11-3-5(14)7(15)4-2-12-8(10)6(13-4)9(16)17/h2,5,7,11,14-15H,3H2,1H3,(H2,10,12)(H,16,17). The zero-order valence-corrected chi connectivity index (χ0v) is 9.16. The van der Waals surface area contributed by atoms with Crippen LogP contribution >= 0.6 is 0 Å². The van der Waals surface area contributed by atoms with E-state index in [1.807, 2.05) is 0 Å². The van der Waals surface area contributed by atoms with Gasteiger partial charge in [0.05, 0.1) is 18.0 Å². The molecule has 1 heterocycles. The summed E-state index contributed by atoms with van der Waals surface area (Å²) >= 11 is 0. The summed E-state index contributed by atoms with van der Waals surface area (Å²) in [7, 11) is 1.60. The predicted molar refractivity (Wildman–Crippen MR) is 58.3 cm³/mol. The third kappa shape index (κ3) is 3.09. The summed E-state index contributed by atoms with van der Waals surface area (Å²) in [6.45, 7) is 0.135. The molecule has 1 rings (SSSR count). The van der Waals surface area contributed by atoms with Crippen LogP contribution in [0, 0.1) is 0 Å². The number of likely N-dealkylation sites (N-methyl/N-ethyl adjacent to an activating group) is 1. The number of hydrogen-bond donors (Lipinski definition) is 5. The molecule has 0 aliphatic carbocycles. The molecule has 0 saturated heterocycles. The van der Waals surface area contributed by atoms with E-state index in [-0.39, 0.29) is 18.1 Å². The molecule has 94 valence electrons. The van der Waals surface area contributed by atoms with Gasteiger partial charge in [-0.2, -0.15) is 0 Å². The number of aromatic nitrogens is 2. The molecule has 0 radical (unpaired) electrons. The molecule has 8 heteroatoms. The molecule has 1 aromatic heterocycles. The molecule has 2 unspecified atom stereocenters. The molecule has 0 saturated carbocycles. The topological polar surface area (TPSA) is 142 Å². The Morgan fingerprint density at radius 1 is 1.59 bits per heavy atom. The Bertz CT molecular complexity index is 412. The van der Waals surface area contributed by atoms with Gasteiger partial charge >= 0.3 is 5.97 Å². The zero-order chi connectivity index (χ0) is 13.0. The van der Waals surface area contributed by atoms with E-state index in [0.717, 1.165) is 6.20 Å². The number of aliphatic hydroxyl groups excluding tert-OH is 2. The van der Waals surface area contributed by atoms with Crippen LogP contribution in [-0.4, -0.2) is 51.0 Å². The summed E-state index contributed by atoms with van der Waals surface area (Å²) < 4.78 is 0. The largest absolute Gasteiger partial charge is 0.476 e. The van der Waals surface area contributed by atoms with Crippen molar-refractivity contribution in [3.8, 4) is 0 Å². The number of nitrogens with zero attached hydrogens (tertiary/aromatic N) is 2. The van der Waals surface area contributed by atoms with E-state index in [4.69, 9.17) is 10.8 Å². The van der Waals surface area contributed by atoms with Crippen molar-refractivity contribution in [2.75, 3.05) is 19.3 Å². The number of aliphatic hydroxyl groups is 2. The first-order valence-electron chi connectivity index (χ1n) is 4.83. The number of carbonyl (C=O) groups is 1. The fraction of sp³-hybridized carbons (Fsp3) is 0.444.